The first-order valence-corrected chi connectivity index (χ1v) is 7.37. The number of nitrogens with one attached hydrogen (secondary N) is 3. The predicted molar refractivity (Wildman–Crippen MR) is 88.2 cm³/mol. The summed E-state index contributed by atoms with van der Waals surface area (Å²) >= 11 is 0. The second-order valence-electron chi connectivity index (χ2n) is 6.76. The molecule has 2 aromatic rings. The first-order chi connectivity index (χ1) is 10.2. The monoisotopic (exact) mass is 304 g/mol. The Morgan fingerprint density at radius 2 is 1.91 bits per heavy atom. The van der Waals surface area contributed by atoms with Crippen LogP contribution in [0.4, 0.5) is 0 Å². The molecule has 1 amide bonds. The summed E-state index contributed by atoms with van der Waals surface area (Å²) in [5.74, 6) is -0.136. The van der Waals surface area contributed by atoms with E-state index in [1.807, 2.05) is 21.0 Å². The number of carbonyl (C=O) groups excluding carboxylic acids is 1. The van der Waals surface area contributed by atoms with Gasteiger partial charge < -0.3 is 20.2 Å². The fourth-order valence-corrected chi connectivity index (χ4v) is 2.60. The van der Waals surface area contributed by atoms with Crippen LogP contribution < -0.4 is 11.0 Å². The van der Waals surface area contributed by atoms with E-state index in [9.17, 15) is 9.59 Å². The minimum absolute atomic E-state index is 0.0170. The number of H-pyrrole nitrogens is 2. The zero-order chi connectivity index (χ0) is 16.5. The second kappa shape index (κ2) is 5.96. The van der Waals surface area contributed by atoms with E-state index < -0.39 is 0 Å². The van der Waals surface area contributed by atoms with E-state index in [4.69, 9.17) is 0 Å². The van der Waals surface area contributed by atoms with Crippen LogP contribution in [-0.2, 0) is 0 Å². The standard InChI is InChI=1S/C16H24N4O2/c1-10(16(2,3)9-20(4)5)17-14(21)11-6-7-12-13(8-11)19-15(22)18-12/h6-8,10H,9H2,1-5H3,(H,17,21)(H2,18,19,22). The lowest BCUT2D eigenvalue weighted by Crippen LogP contribution is -2.47. The normalized spacial score (nSPS) is 13.5. The number of nitrogens with zero attached hydrogens (tertiary/aromatic N) is 1. The molecule has 0 fully saturated rings. The van der Waals surface area contributed by atoms with E-state index in [-0.39, 0.29) is 23.1 Å². The van der Waals surface area contributed by atoms with Crippen LogP contribution in [0.15, 0.2) is 23.0 Å². The fraction of sp³-hybridized carbons (Fsp3) is 0.500. The van der Waals surface area contributed by atoms with Gasteiger partial charge in [0.05, 0.1) is 11.0 Å². The molecule has 1 aromatic carbocycles. The van der Waals surface area contributed by atoms with Gasteiger partial charge in [0.2, 0.25) is 0 Å². The molecule has 0 spiro atoms. The van der Waals surface area contributed by atoms with E-state index in [0.29, 0.717) is 16.6 Å². The number of aromatic nitrogens is 2. The smallest absolute Gasteiger partial charge is 0.323 e. The largest absolute Gasteiger partial charge is 0.349 e. The number of aromatic amines is 2. The van der Waals surface area contributed by atoms with E-state index in [0.717, 1.165) is 6.54 Å². The van der Waals surface area contributed by atoms with Gasteiger partial charge in [0, 0.05) is 18.2 Å². The maximum absolute atomic E-state index is 12.4. The van der Waals surface area contributed by atoms with Gasteiger partial charge in [-0.05, 0) is 44.6 Å². The maximum Gasteiger partial charge on any atom is 0.323 e. The summed E-state index contributed by atoms with van der Waals surface area (Å²) in [6.45, 7) is 7.15. The molecule has 1 atom stereocenters. The number of imidazole rings is 1. The molecule has 0 aliphatic heterocycles. The van der Waals surface area contributed by atoms with Crippen molar-refractivity contribution in [1.82, 2.24) is 20.2 Å². The zero-order valence-corrected chi connectivity index (χ0v) is 13.8. The number of fused-ring (bicyclic) bond motifs is 1. The summed E-state index contributed by atoms with van der Waals surface area (Å²) in [6, 6.07) is 5.16. The molecule has 6 heteroatoms. The molecule has 1 unspecified atom stereocenters. The number of carbonyl (C=O) groups is 1. The molecule has 22 heavy (non-hydrogen) atoms. The Labute approximate surface area is 129 Å². The Hall–Kier alpha value is -2.08. The van der Waals surface area contributed by atoms with Gasteiger partial charge in [0.1, 0.15) is 0 Å². The van der Waals surface area contributed by atoms with E-state index >= 15 is 0 Å². The third-order valence-electron chi connectivity index (χ3n) is 4.02. The van der Waals surface area contributed by atoms with Crippen LogP contribution in [0.5, 0.6) is 0 Å². The molecule has 0 aliphatic carbocycles. The van der Waals surface area contributed by atoms with Crippen LogP contribution in [-0.4, -0.2) is 47.5 Å². The Morgan fingerprint density at radius 1 is 1.27 bits per heavy atom. The van der Waals surface area contributed by atoms with E-state index in [1.54, 1.807) is 18.2 Å². The van der Waals surface area contributed by atoms with Gasteiger partial charge in [-0.2, -0.15) is 0 Å². The van der Waals surface area contributed by atoms with E-state index in [2.05, 4.69) is 34.0 Å². The summed E-state index contributed by atoms with van der Waals surface area (Å²) in [5, 5.41) is 3.05. The lowest BCUT2D eigenvalue weighted by atomic mass is 9.84. The van der Waals surface area contributed by atoms with Crippen LogP contribution in [0.2, 0.25) is 0 Å². The number of hydrogen-bond donors (Lipinski definition) is 3. The number of amides is 1. The lowest BCUT2D eigenvalue weighted by molar-refractivity contribution is 0.0886. The van der Waals surface area contributed by atoms with Crippen LogP contribution in [0.1, 0.15) is 31.1 Å². The van der Waals surface area contributed by atoms with Gasteiger partial charge in [-0.25, -0.2) is 4.79 Å². The van der Waals surface area contributed by atoms with Gasteiger partial charge in [0.15, 0.2) is 0 Å². The summed E-state index contributed by atoms with van der Waals surface area (Å²) in [5.41, 5.74) is 1.55. The van der Waals surface area contributed by atoms with Crippen molar-refractivity contribution in [2.45, 2.75) is 26.8 Å². The average Bonchev–Trinajstić information content (AvgIpc) is 2.75. The quantitative estimate of drug-likeness (QED) is 0.784. The summed E-state index contributed by atoms with van der Waals surface area (Å²) in [7, 11) is 4.04. The molecule has 1 aromatic heterocycles. The molecule has 0 saturated carbocycles. The Bertz CT molecular complexity index is 727. The van der Waals surface area contributed by atoms with E-state index in [1.165, 1.54) is 0 Å². The molecular formula is C16H24N4O2. The maximum atomic E-state index is 12.4. The lowest BCUT2D eigenvalue weighted by Gasteiger charge is -2.34. The fourth-order valence-electron chi connectivity index (χ4n) is 2.60. The van der Waals surface area contributed by atoms with Crippen LogP contribution in [0, 0.1) is 5.41 Å². The third-order valence-corrected chi connectivity index (χ3v) is 4.02. The number of hydrogen-bond acceptors (Lipinski definition) is 3. The Kier molecular flexibility index (Phi) is 4.42. The third kappa shape index (κ3) is 3.57. The van der Waals surface area contributed by atoms with Crippen molar-refractivity contribution < 1.29 is 4.79 Å². The van der Waals surface area contributed by atoms with Gasteiger partial charge >= 0.3 is 5.69 Å². The predicted octanol–water partition coefficient (Wildman–Crippen LogP) is 1.56. The molecular weight excluding hydrogens is 280 g/mol. The molecule has 2 rings (SSSR count). The van der Waals surface area contributed by atoms with Crippen LogP contribution in [0.3, 0.4) is 0 Å². The first-order valence-electron chi connectivity index (χ1n) is 7.37. The van der Waals surface area contributed by atoms with Gasteiger partial charge in [-0.1, -0.05) is 13.8 Å². The van der Waals surface area contributed by atoms with Gasteiger partial charge in [-0.15, -0.1) is 0 Å². The Balaban J connectivity index is 2.14. The SMILES string of the molecule is CC(NC(=O)c1ccc2[nH]c(=O)[nH]c2c1)C(C)(C)CN(C)C. The summed E-state index contributed by atoms with van der Waals surface area (Å²) in [4.78, 5) is 31.1. The topological polar surface area (TPSA) is 81.0 Å². The van der Waals surface area contributed by atoms with Crippen molar-refractivity contribution in [3.63, 3.8) is 0 Å². The van der Waals surface area contributed by atoms with Crippen molar-refractivity contribution in [2.24, 2.45) is 5.41 Å². The van der Waals surface area contributed by atoms with Crippen molar-refractivity contribution in [1.29, 1.82) is 0 Å². The van der Waals surface area contributed by atoms with Crippen molar-refractivity contribution in [3.8, 4) is 0 Å². The highest BCUT2D eigenvalue weighted by Crippen LogP contribution is 2.21. The molecule has 120 valence electrons. The highest BCUT2D eigenvalue weighted by molar-refractivity contribution is 5.97. The first kappa shape index (κ1) is 16.3. The van der Waals surface area contributed by atoms with Crippen molar-refractivity contribution >= 4 is 16.9 Å². The average molecular weight is 304 g/mol. The summed E-state index contributed by atoms with van der Waals surface area (Å²) < 4.78 is 0. The Morgan fingerprint density at radius 3 is 2.55 bits per heavy atom. The molecule has 1 heterocycles. The van der Waals surface area contributed by atoms with Crippen molar-refractivity contribution in [3.05, 3.63) is 34.2 Å². The molecule has 6 nitrogen and oxygen atoms in total. The molecule has 3 N–H and O–H groups in total. The highest BCUT2D eigenvalue weighted by atomic mass is 16.2. The second-order valence-corrected chi connectivity index (χ2v) is 6.76. The molecule has 0 aliphatic rings. The minimum Gasteiger partial charge on any atom is -0.349 e. The van der Waals surface area contributed by atoms with Gasteiger partial charge in [-0.3, -0.25) is 4.79 Å². The van der Waals surface area contributed by atoms with Crippen LogP contribution >= 0.6 is 0 Å². The zero-order valence-electron chi connectivity index (χ0n) is 13.8. The molecule has 0 saturated heterocycles. The van der Waals surface area contributed by atoms with Crippen molar-refractivity contribution in [2.75, 3.05) is 20.6 Å². The summed E-state index contributed by atoms with van der Waals surface area (Å²) in [6.07, 6.45) is 0. The minimum atomic E-state index is -0.270. The molecule has 0 bridgehead atoms. The molecule has 0 radical (unpaired) electrons. The van der Waals surface area contributed by atoms with Crippen LogP contribution in [0.25, 0.3) is 11.0 Å². The number of rotatable bonds is 5. The van der Waals surface area contributed by atoms with Gasteiger partial charge in [0.25, 0.3) is 5.91 Å². The number of benzene rings is 1. The highest BCUT2D eigenvalue weighted by Gasteiger charge is 2.28.